The Labute approximate surface area is 124 Å². The molecular weight excluding hydrogens is 275 g/mol. The van der Waals surface area contributed by atoms with Crippen molar-refractivity contribution >= 4 is 11.4 Å². The number of hydrogen-bond acceptors (Lipinski definition) is 5. The fraction of sp³-hybridized carbons (Fsp3) is 0.600. The molecule has 6 heteroatoms. The number of rotatable bonds is 4. The smallest absolute Gasteiger partial charge is 0.167 e. The van der Waals surface area contributed by atoms with Gasteiger partial charge in [0.1, 0.15) is 0 Å². The van der Waals surface area contributed by atoms with Crippen LogP contribution in [0, 0.1) is 5.82 Å². The molecule has 118 valence electrons. The lowest BCUT2D eigenvalue weighted by Crippen LogP contribution is -2.54. The van der Waals surface area contributed by atoms with Crippen LogP contribution in [0.25, 0.3) is 0 Å². The van der Waals surface area contributed by atoms with Gasteiger partial charge < -0.3 is 25.2 Å². The minimum Gasteiger partial charge on any atom is -0.491 e. The van der Waals surface area contributed by atoms with Gasteiger partial charge in [-0.3, -0.25) is 0 Å². The summed E-state index contributed by atoms with van der Waals surface area (Å²) in [5.41, 5.74) is 6.59. The number of hydrogen-bond donors (Lipinski definition) is 2. The fourth-order valence-electron chi connectivity index (χ4n) is 2.67. The number of nitrogens with two attached hydrogens (primary N) is 1. The molecule has 1 fully saturated rings. The Morgan fingerprint density at radius 2 is 2.24 bits per heavy atom. The van der Waals surface area contributed by atoms with Crippen molar-refractivity contribution in [3.63, 3.8) is 0 Å². The van der Waals surface area contributed by atoms with Gasteiger partial charge in [0.2, 0.25) is 0 Å². The van der Waals surface area contributed by atoms with E-state index in [1.54, 1.807) is 13.0 Å². The first-order chi connectivity index (χ1) is 9.86. The molecule has 1 aromatic rings. The summed E-state index contributed by atoms with van der Waals surface area (Å²) in [6.45, 7) is 7.12. The van der Waals surface area contributed by atoms with Crippen LogP contribution in [0.1, 0.15) is 20.8 Å². The van der Waals surface area contributed by atoms with Crippen LogP contribution in [-0.2, 0) is 4.74 Å². The molecule has 0 spiro atoms. The SMILES string of the molecule is CCOc1cc(N2CC(CO)OC(C)(C)C2)c(N)cc1F. The molecule has 5 nitrogen and oxygen atoms in total. The molecule has 0 aromatic heterocycles. The summed E-state index contributed by atoms with van der Waals surface area (Å²) in [7, 11) is 0. The Morgan fingerprint density at radius 1 is 1.52 bits per heavy atom. The summed E-state index contributed by atoms with van der Waals surface area (Å²) in [5, 5.41) is 9.37. The second-order valence-electron chi connectivity index (χ2n) is 5.84. The van der Waals surface area contributed by atoms with Gasteiger partial charge in [0, 0.05) is 25.2 Å². The average molecular weight is 298 g/mol. The zero-order chi connectivity index (χ0) is 15.6. The summed E-state index contributed by atoms with van der Waals surface area (Å²) in [5.74, 6) is -0.282. The van der Waals surface area contributed by atoms with Crippen LogP contribution in [0.3, 0.4) is 0 Å². The van der Waals surface area contributed by atoms with E-state index in [2.05, 4.69) is 0 Å². The van der Waals surface area contributed by atoms with Crippen LogP contribution >= 0.6 is 0 Å². The van der Waals surface area contributed by atoms with E-state index in [4.69, 9.17) is 15.2 Å². The number of nitrogen functional groups attached to an aromatic ring is 1. The van der Waals surface area contributed by atoms with E-state index in [0.717, 1.165) is 0 Å². The number of aliphatic hydroxyl groups is 1. The number of anilines is 2. The minimum atomic E-state index is -0.468. The third kappa shape index (κ3) is 3.57. The van der Waals surface area contributed by atoms with Gasteiger partial charge in [-0.1, -0.05) is 0 Å². The van der Waals surface area contributed by atoms with Crippen molar-refractivity contribution in [3.05, 3.63) is 17.9 Å². The Balaban J connectivity index is 2.33. The van der Waals surface area contributed by atoms with Gasteiger partial charge in [-0.15, -0.1) is 0 Å². The highest BCUT2D eigenvalue weighted by atomic mass is 19.1. The zero-order valence-electron chi connectivity index (χ0n) is 12.7. The summed E-state index contributed by atoms with van der Waals surface area (Å²) in [6, 6.07) is 2.89. The Kier molecular flexibility index (Phi) is 4.58. The number of ether oxygens (including phenoxy) is 2. The molecule has 2 rings (SSSR count). The maximum atomic E-state index is 13.8. The minimum absolute atomic E-state index is 0.0701. The quantitative estimate of drug-likeness (QED) is 0.829. The van der Waals surface area contributed by atoms with Gasteiger partial charge in [-0.25, -0.2) is 4.39 Å². The van der Waals surface area contributed by atoms with Crippen LogP contribution in [-0.4, -0.2) is 43.1 Å². The standard InChI is InChI=1S/C15H23FN2O3/c1-4-20-14-6-13(12(17)5-11(14)16)18-7-10(8-19)21-15(2,3)9-18/h5-6,10,19H,4,7-9,17H2,1-3H3. The molecule has 0 amide bonds. The van der Waals surface area contributed by atoms with Crippen molar-refractivity contribution in [3.8, 4) is 5.75 Å². The summed E-state index contributed by atoms with van der Waals surface area (Å²) in [4.78, 5) is 2.00. The van der Waals surface area contributed by atoms with Gasteiger partial charge >= 0.3 is 0 Å². The maximum absolute atomic E-state index is 13.8. The number of morpholine rings is 1. The molecule has 1 saturated heterocycles. The third-order valence-electron chi connectivity index (χ3n) is 3.41. The third-order valence-corrected chi connectivity index (χ3v) is 3.41. The van der Waals surface area contributed by atoms with Gasteiger partial charge in [-0.05, 0) is 20.8 Å². The predicted molar refractivity (Wildman–Crippen MR) is 80.2 cm³/mol. The van der Waals surface area contributed by atoms with Crippen molar-refractivity contribution in [1.82, 2.24) is 0 Å². The highest BCUT2D eigenvalue weighted by molar-refractivity contribution is 5.70. The lowest BCUT2D eigenvalue weighted by molar-refractivity contribution is -0.100. The van der Waals surface area contributed by atoms with E-state index < -0.39 is 11.4 Å². The lowest BCUT2D eigenvalue weighted by atomic mass is 10.0. The largest absolute Gasteiger partial charge is 0.491 e. The molecular formula is C15H23FN2O3. The first-order valence-corrected chi connectivity index (χ1v) is 7.11. The van der Waals surface area contributed by atoms with Crippen molar-refractivity contribution in [1.29, 1.82) is 0 Å². The van der Waals surface area contributed by atoms with E-state index in [1.165, 1.54) is 6.07 Å². The van der Waals surface area contributed by atoms with Crippen molar-refractivity contribution in [2.75, 3.05) is 36.9 Å². The van der Waals surface area contributed by atoms with E-state index in [9.17, 15) is 9.50 Å². The van der Waals surface area contributed by atoms with Crippen molar-refractivity contribution in [2.45, 2.75) is 32.5 Å². The first kappa shape index (κ1) is 15.9. The zero-order valence-corrected chi connectivity index (χ0v) is 12.7. The Hall–Kier alpha value is -1.53. The Morgan fingerprint density at radius 3 is 2.86 bits per heavy atom. The molecule has 1 heterocycles. The number of nitrogens with zero attached hydrogens (tertiary/aromatic N) is 1. The normalized spacial score (nSPS) is 21.4. The molecule has 3 N–H and O–H groups in total. The summed E-state index contributed by atoms with van der Waals surface area (Å²) >= 11 is 0. The van der Waals surface area contributed by atoms with Crippen LogP contribution in [0.15, 0.2) is 12.1 Å². The molecule has 1 aliphatic heterocycles. The van der Waals surface area contributed by atoms with Crippen molar-refractivity contribution < 1.29 is 19.0 Å². The molecule has 0 saturated carbocycles. The highest BCUT2D eigenvalue weighted by Crippen LogP contribution is 2.34. The summed E-state index contributed by atoms with van der Waals surface area (Å²) in [6.07, 6.45) is -0.297. The van der Waals surface area contributed by atoms with Crippen molar-refractivity contribution in [2.24, 2.45) is 0 Å². The lowest BCUT2D eigenvalue weighted by Gasteiger charge is -2.43. The molecule has 0 bridgehead atoms. The van der Waals surface area contributed by atoms with Crippen LogP contribution in [0.5, 0.6) is 5.75 Å². The molecule has 0 aliphatic carbocycles. The van der Waals surface area contributed by atoms with E-state index in [-0.39, 0.29) is 18.5 Å². The fourth-order valence-corrected chi connectivity index (χ4v) is 2.67. The molecule has 1 aliphatic rings. The summed E-state index contributed by atoms with van der Waals surface area (Å²) < 4.78 is 24.9. The molecule has 1 aromatic carbocycles. The van der Waals surface area contributed by atoms with Crippen LogP contribution in [0.2, 0.25) is 0 Å². The van der Waals surface area contributed by atoms with Gasteiger partial charge in [-0.2, -0.15) is 0 Å². The molecule has 1 unspecified atom stereocenters. The highest BCUT2D eigenvalue weighted by Gasteiger charge is 2.34. The first-order valence-electron chi connectivity index (χ1n) is 7.11. The van der Waals surface area contributed by atoms with Crippen LogP contribution in [0.4, 0.5) is 15.8 Å². The maximum Gasteiger partial charge on any atom is 0.167 e. The predicted octanol–water partition coefficient (Wildman–Crippen LogP) is 1.78. The molecule has 21 heavy (non-hydrogen) atoms. The second-order valence-corrected chi connectivity index (χ2v) is 5.84. The van der Waals surface area contributed by atoms with Gasteiger partial charge in [0.25, 0.3) is 0 Å². The van der Waals surface area contributed by atoms with E-state index in [0.29, 0.717) is 31.1 Å². The average Bonchev–Trinajstić information content (AvgIpc) is 2.40. The number of benzene rings is 1. The van der Waals surface area contributed by atoms with Crippen LogP contribution < -0.4 is 15.4 Å². The number of halogens is 1. The van der Waals surface area contributed by atoms with E-state index >= 15 is 0 Å². The number of aliphatic hydroxyl groups excluding tert-OH is 1. The topological polar surface area (TPSA) is 68.0 Å². The monoisotopic (exact) mass is 298 g/mol. The van der Waals surface area contributed by atoms with E-state index in [1.807, 2.05) is 18.7 Å². The second kappa shape index (κ2) is 6.07. The van der Waals surface area contributed by atoms with Gasteiger partial charge in [0.05, 0.1) is 36.3 Å². The van der Waals surface area contributed by atoms with Gasteiger partial charge in [0.15, 0.2) is 11.6 Å². The molecule has 1 atom stereocenters. The Bertz CT molecular complexity index is 508. The molecule has 0 radical (unpaired) electrons.